The van der Waals surface area contributed by atoms with Gasteiger partial charge < -0.3 is 15.2 Å². The van der Waals surface area contributed by atoms with Crippen LogP contribution in [0.1, 0.15) is 27.3 Å². The maximum Gasteiger partial charge on any atom is 0.416 e. The SMILES string of the molecule is Cc1ccc(C(=O)Nc2cc(-n3ccnc3C)cc(C(F)(F)F)c2)cc1Nc1nccc(-c2cnccn2)n1. The van der Waals surface area contributed by atoms with Crippen LogP contribution in [0.3, 0.4) is 0 Å². The number of aryl methyl sites for hydroxylation is 2. The minimum atomic E-state index is -4.61. The van der Waals surface area contributed by atoms with Crippen molar-refractivity contribution in [2.75, 3.05) is 10.6 Å². The summed E-state index contributed by atoms with van der Waals surface area (Å²) in [5, 5.41) is 5.68. The molecular formula is C27H21F3N8O. The smallest absolute Gasteiger partial charge is 0.324 e. The third kappa shape index (κ3) is 5.74. The largest absolute Gasteiger partial charge is 0.416 e. The maximum absolute atomic E-state index is 13.6. The minimum absolute atomic E-state index is 0.00647. The molecular weight excluding hydrogens is 509 g/mol. The van der Waals surface area contributed by atoms with Gasteiger partial charge in [-0.15, -0.1) is 0 Å². The number of rotatable bonds is 6. The molecule has 0 saturated carbocycles. The molecule has 0 aliphatic heterocycles. The summed E-state index contributed by atoms with van der Waals surface area (Å²) in [5.41, 5.74) is 2.03. The normalized spacial score (nSPS) is 11.3. The number of hydrogen-bond donors (Lipinski definition) is 2. The van der Waals surface area contributed by atoms with Crippen LogP contribution >= 0.6 is 0 Å². The first-order valence-corrected chi connectivity index (χ1v) is 11.7. The summed E-state index contributed by atoms with van der Waals surface area (Å²) >= 11 is 0. The monoisotopic (exact) mass is 530 g/mol. The fraction of sp³-hybridized carbons (Fsp3) is 0.111. The Labute approximate surface area is 220 Å². The van der Waals surface area contributed by atoms with Gasteiger partial charge in [0.1, 0.15) is 11.5 Å². The van der Waals surface area contributed by atoms with Crippen LogP contribution in [0.5, 0.6) is 0 Å². The minimum Gasteiger partial charge on any atom is -0.324 e. The first-order chi connectivity index (χ1) is 18.7. The molecule has 5 rings (SSSR count). The Bertz CT molecular complexity index is 1650. The first-order valence-electron chi connectivity index (χ1n) is 11.7. The van der Waals surface area contributed by atoms with E-state index in [1.165, 1.54) is 16.8 Å². The molecule has 3 heterocycles. The second-order valence-corrected chi connectivity index (χ2v) is 8.58. The third-order valence-electron chi connectivity index (χ3n) is 5.83. The number of nitrogens with zero attached hydrogens (tertiary/aromatic N) is 6. The number of nitrogens with one attached hydrogen (secondary N) is 2. The Kier molecular flexibility index (Phi) is 6.75. The van der Waals surface area contributed by atoms with E-state index in [9.17, 15) is 18.0 Å². The van der Waals surface area contributed by atoms with Gasteiger partial charge in [-0.3, -0.25) is 14.8 Å². The molecule has 12 heteroatoms. The molecule has 1 amide bonds. The first kappa shape index (κ1) is 25.5. The highest BCUT2D eigenvalue weighted by Gasteiger charge is 2.31. The van der Waals surface area contributed by atoms with Gasteiger partial charge in [0.25, 0.3) is 5.91 Å². The molecule has 39 heavy (non-hydrogen) atoms. The van der Waals surface area contributed by atoms with Crippen molar-refractivity contribution in [1.29, 1.82) is 0 Å². The maximum atomic E-state index is 13.6. The van der Waals surface area contributed by atoms with E-state index in [1.807, 2.05) is 6.92 Å². The molecule has 0 aliphatic carbocycles. The average molecular weight is 531 g/mol. The number of aromatic nitrogens is 6. The molecule has 2 aromatic carbocycles. The van der Waals surface area contributed by atoms with Gasteiger partial charge >= 0.3 is 6.18 Å². The number of carbonyl (C=O) groups excluding carboxylic acids is 1. The Morgan fingerprint density at radius 3 is 2.46 bits per heavy atom. The van der Waals surface area contributed by atoms with Gasteiger partial charge in [-0.2, -0.15) is 13.2 Å². The van der Waals surface area contributed by atoms with Crippen molar-refractivity contribution in [2.45, 2.75) is 20.0 Å². The van der Waals surface area contributed by atoms with Crippen LogP contribution < -0.4 is 10.6 Å². The molecule has 0 aliphatic rings. The van der Waals surface area contributed by atoms with E-state index in [4.69, 9.17) is 0 Å². The number of imidazole rings is 1. The lowest BCUT2D eigenvalue weighted by Gasteiger charge is -2.15. The number of carbonyl (C=O) groups is 1. The van der Waals surface area contributed by atoms with Crippen molar-refractivity contribution in [3.63, 3.8) is 0 Å². The second kappa shape index (κ2) is 10.3. The van der Waals surface area contributed by atoms with Gasteiger partial charge in [0.2, 0.25) is 5.95 Å². The van der Waals surface area contributed by atoms with E-state index in [-0.39, 0.29) is 22.9 Å². The number of benzene rings is 2. The summed E-state index contributed by atoms with van der Waals surface area (Å²) in [6, 6.07) is 9.94. The van der Waals surface area contributed by atoms with Crippen LogP contribution in [0.25, 0.3) is 17.1 Å². The zero-order chi connectivity index (χ0) is 27.6. The highest BCUT2D eigenvalue weighted by atomic mass is 19.4. The Hall–Kier alpha value is -5.13. The number of amides is 1. The lowest BCUT2D eigenvalue weighted by molar-refractivity contribution is -0.137. The van der Waals surface area contributed by atoms with Gasteiger partial charge in [-0.05, 0) is 55.8 Å². The summed E-state index contributed by atoms with van der Waals surface area (Å²) in [4.78, 5) is 34.1. The van der Waals surface area contributed by atoms with Crippen LogP contribution in [-0.2, 0) is 6.18 Å². The molecule has 196 valence electrons. The van der Waals surface area contributed by atoms with Crippen molar-refractivity contribution in [3.05, 3.63) is 102 Å². The standard InChI is InChI=1S/C27H21F3N8O/c1-16-3-4-18(11-23(16)37-26-34-6-5-22(36-26)24-15-31-7-8-33-24)25(39)35-20-12-19(27(28,29)30)13-21(14-20)38-10-9-32-17(38)2/h3-15H,1-2H3,(H,35,39)(H,34,36,37). The van der Waals surface area contributed by atoms with Crippen LogP contribution in [0, 0.1) is 13.8 Å². The molecule has 0 saturated heterocycles. The Morgan fingerprint density at radius 1 is 0.897 bits per heavy atom. The predicted octanol–water partition coefficient (Wildman–Crippen LogP) is 5.75. The van der Waals surface area contributed by atoms with E-state index < -0.39 is 17.6 Å². The lowest BCUT2D eigenvalue weighted by atomic mass is 10.1. The van der Waals surface area contributed by atoms with E-state index in [0.717, 1.165) is 17.7 Å². The molecule has 2 N–H and O–H groups in total. The van der Waals surface area contributed by atoms with Crippen molar-refractivity contribution >= 4 is 23.2 Å². The van der Waals surface area contributed by atoms with Crippen molar-refractivity contribution < 1.29 is 18.0 Å². The van der Waals surface area contributed by atoms with E-state index in [2.05, 4.69) is 35.6 Å². The quantitative estimate of drug-likeness (QED) is 0.288. The Balaban J connectivity index is 1.41. The van der Waals surface area contributed by atoms with Gasteiger partial charge in [-0.25, -0.2) is 15.0 Å². The summed E-state index contributed by atoms with van der Waals surface area (Å²) in [5.74, 6) is 0.198. The molecule has 0 atom stereocenters. The fourth-order valence-electron chi connectivity index (χ4n) is 3.85. The zero-order valence-electron chi connectivity index (χ0n) is 20.7. The topological polar surface area (TPSA) is 111 Å². The Morgan fingerprint density at radius 2 is 1.74 bits per heavy atom. The zero-order valence-corrected chi connectivity index (χ0v) is 20.7. The average Bonchev–Trinajstić information content (AvgIpc) is 3.35. The van der Waals surface area contributed by atoms with Gasteiger partial charge in [-0.1, -0.05) is 6.07 Å². The van der Waals surface area contributed by atoms with Crippen molar-refractivity contribution in [1.82, 2.24) is 29.5 Å². The van der Waals surface area contributed by atoms with E-state index in [1.54, 1.807) is 62.2 Å². The summed E-state index contributed by atoms with van der Waals surface area (Å²) in [6.45, 7) is 3.51. The molecule has 3 aromatic heterocycles. The summed E-state index contributed by atoms with van der Waals surface area (Å²) in [7, 11) is 0. The lowest BCUT2D eigenvalue weighted by Crippen LogP contribution is -2.15. The van der Waals surface area contributed by atoms with Gasteiger partial charge in [0.15, 0.2) is 0 Å². The van der Waals surface area contributed by atoms with E-state index >= 15 is 0 Å². The molecule has 0 radical (unpaired) electrons. The van der Waals surface area contributed by atoms with E-state index in [0.29, 0.717) is 22.9 Å². The molecule has 0 bridgehead atoms. The van der Waals surface area contributed by atoms with Crippen molar-refractivity contribution in [3.8, 4) is 17.1 Å². The van der Waals surface area contributed by atoms with Crippen molar-refractivity contribution in [2.24, 2.45) is 0 Å². The number of alkyl halides is 3. The highest BCUT2D eigenvalue weighted by molar-refractivity contribution is 6.05. The highest BCUT2D eigenvalue weighted by Crippen LogP contribution is 2.33. The predicted molar refractivity (Wildman–Crippen MR) is 139 cm³/mol. The van der Waals surface area contributed by atoms with Crippen LogP contribution in [0.4, 0.5) is 30.5 Å². The van der Waals surface area contributed by atoms with Crippen LogP contribution in [0.15, 0.2) is 79.6 Å². The van der Waals surface area contributed by atoms with Gasteiger partial charge in [0.05, 0.1) is 17.5 Å². The molecule has 0 unspecified atom stereocenters. The molecule has 9 nitrogen and oxygen atoms in total. The molecule has 5 aromatic rings. The fourth-order valence-corrected chi connectivity index (χ4v) is 3.85. The molecule has 0 fully saturated rings. The second-order valence-electron chi connectivity index (χ2n) is 8.58. The number of hydrogen-bond acceptors (Lipinski definition) is 7. The summed E-state index contributed by atoms with van der Waals surface area (Å²) in [6.07, 6.45) is 4.69. The van der Waals surface area contributed by atoms with Crippen LogP contribution in [-0.4, -0.2) is 35.4 Å². The van der Waals surface area contributed by atoms with Crippen LogP contribution in [0.2, 0.25) is 0 Å². The number of anilines is 3. The third-order valence-corrected chi connectivity index (χ3v) is 5.83. The summed E-state index contributed by atoms with van der Waals surface area (Å²) < 4.78 is 42.4. The molecule has 0 spiro atoms. The van der Waals surface area contributed by atoms with Gasteiger partial charge in [0, 0.05) is 53.6 Å². The number of halogens is 3.